The predicted molar refractivity (Wildman–Crippen MR) is 55.5 cm³/mol. The first kappa shape index (κ1) is 9.53. The van der Waals surface area contributed by atoms with Gasteiger partial charge in [0.05, 0.1) is 6.10 Å². The van der Waals surface area contributed by atoms with Crippen molar-refractivity contribution in [1.82, 2.24) is 0 Å². The summed E-state index contributed by atoms with van der Waals surface area (Å²) in [4.78, 5) is 0. The molecule has 0 bridgehead atoms. The lowest BCUT2D eigenvalue weighted by Crippen LogP contribution is -2.13. The van der Waals surface area contributed by atoms with Crippen molar-refractivity contribution >= 4 is 0 Å². The van der Waals surface area contributed by atoms with Crippen molar-refractivity contribution in [3.8, 4) is 5.75 Å². The lowest BCUT2D eigenvalue weighted by molar-refractivity contribution is 0.150. The molecule has 0 amide bonds. The van der Waals surface area contributed by atoms with E-state index >= 15 is 0 Å². The third kappa shape index (κ3) is 2.26. The van der Waals surface area contributed by atoms with Crippen LogP contribution in [0.15, 0.2) is 24.3 Å². The van der Waals surface area contributed by atoms with Crippen LogP contribution in [0.5, 0.6) is 5.75 Å². The molecule has 0 aromatic heterocycles. The van der Waals surface area contributed by atoms with Gasteiger partial charge in [0.25, 0.3) is 0 Å². The Labute approximate surface area is 84.5 Å². The second-order valence-corrected chi connectivity index (χ2v) is 4.02. The number of aliphatic hydroxyl groups excluding tert-OH is 1. The van der Waals surface area contributed by atoms with E-state index in [4.69, 9.17) is 4.74 Å². The third-order valence-electron chi connectivity index (χ3n) is 2.65. The molecule has 14 heavy (non-hydrogen) atoms. The third-order valence-corrected chi connectivity index (χ3v) is 2.65. The molecule has 0 aliphatic heterocycles. The number of hydrogen-bond acceptors (Lipinski definition) is 2. The van der Waals surface area contributed by atoms with Crippen LogP contribution >= 0.6 is 0 Å². The Kier molecular flexibility index (Phi) is 2.73. The Hall–Kier alpha value is -1.02. The van der Waals surface area contributed by atoms with Gasteiger partial charge in [0, 0.05) is 6.42 Å². The SMILES string of the molecule is Cc1cccc(OC2CCC(O)C2)c1. The molecule has 1 aliphatic rings. The van der Waals surface area contributed by atoms with Crippen molar-refractivity contribution in [2.75, 3.05) is 0 Å². The number of rotatable bonds is 2. The molecule has 1 aromatic carbocycles. The van der Waals surface area contributed by atoms with Crippen molar-refractivity contribution in [3.63, 3.8) is 0 Å². The van der Waals surface area contributed by atoms with Gasteiger partial charge in [-0.25, -0.2) is 0 Å². The van der Waals surface area contributed by atoms with Gasteiger partial charge in [-0.05, 0) is 37.5 Å². The highest BCUT2D eigenvalue weighted by molar-refractivity contribution is 5.27. The summed E-state index contributed by atoms with van der Waals surface area (Å²) in [6.45, 7) is 2.05. The highest BCUT2D eigenvalue weighted by atomic mass is 16.5. The van der Waals surface area contributed by atoms with E-state index in [0.29, 0.717) is 0 Å². The zero-order valence-corrected chi connectivity index (χ0v) is 8.44. The Balaban J connectivity index is 1.97. The molecule has 1 aromatic rings. The van der Waals surface area contributed by atoms with Crippen LogP contribution in [0.4, 0.5) is 0 Å². The summed E-state index contributed by atoms with van der Waals surface area (Å²) in [6.07, 6.45) is 2.65. The van der Waals surface area contributed by atoms with Gasteiger partial charge < -0.3 is 9.84 Å². The van der Waals surface area contributed by atoms with Crippen LogP contribution in [0.2, 0.25) is 0 Å². The Morgan fingerprint density at radius 3 is 2.86 bits per heavy atom. The van der Waals surface area contributed by atoms with Gasteiger partial charge in [-0.1, -0.05) is 12.1 Å². The summed E-state index contributed by atoms with van der Waals surface area (Å²) in [5, 5.41) is 9.35. The van der Waals surface area contributed by atoms with E-state index in [-0.39, 0.29) is 12.2 Å². The molecule has 2 rings (SSSR count). The normalized spacial score (nSPS) is 26.4. The van der Waals surface area contributed by atoms with Crippen LogP contribution in [0, 0.1) is 6.92 Å². The predicted octanol–water partition coefficient (Wildman–Crippen LogP) is 2.29. The Morgan fingerprint density at radius 1 is 1.36 bits per heavy atom. The fraction of sp³-hybridized carbons (Fsp3) is 0.500. The summed E-state index contributed by atoms with van der Waals surface area (Å²) in [6, 6.07) is 8.05. The van der Waals surface area contributed by atoms with Gasteiger partial charge in [-0.3, -0.25) is 0 Å². The zero-order chi connectivity index (χ0) is 9.97. The molecule has 1 N–H and O–H groups in total. The fourth-order valence-electron chi connectivity index (χ4n) is 1.91. The Bertz CT molecular complexity index is 309. The minimum atomic E-state index is -0.162. The first-order valence-electron chi connectivity index (χ1n) is 5.15. The van der Waals surface area contributed by atoms with Gasteiger partial charge in [0.1, 0.15) is 11.9 Å². The molecule has 2 nitrogen and oxygen atoms in total. The van der Waals surface area contributed by atoms with Crippen LogP contribution in [0.25, 0.3) is 0 Å². The number of aliphatic hydroxyl groups is 1. The minimum absolute atomic E-state index is 0.162. The van der Waals surface area contributed by atoms with E-state index in [1.54, 1.807) is 0 Å². The van der Waals surface area contributed by atoms with Crippen LogP contribution in [0.1, 0.15) is 24.8 Å². The molecule has 0 radical (unpaired) electrons. The largest absolute Gasteiger partial charge is 0.490 e. The molecular formula is C12H16O2. The minimum Gasteiger partial charge on any atom is -0.490 e. The van der Waals surface area contributed by atoms with Crippen LogP contribution in [-0.4, -0.2) is 17.3 Å². The Morgan fingerprint density at radius 2 is 2.21 bits per heavy atom. The topological polar surface area (TPSA) is 29.5 Å². The van der Waals surface area contributed by atoms with Crippen LogP contribution in [-0.2, 0) is 0 Å². The molecule has 0 saturated heterocycles. The lowest BCUT2D eigenvalue weighted by atomic mass is 10.2. The van der Waals surface area contributed by atoms with E-state index in [1.807, 2.05) is 18.2 Å². The molecule has 2 atom stereocenters. The highest BCUT2D eigenvalue weighted by Crippen LogP contribution is 2.24. The second-order valence-electron chi connectivity index (χ2n) is 4.02. The summed E-state index contributed by atoms with van der Waals surface area (Å²) < 4.78 is 5.77. The van der Waals surface area contributed by atoms with Gasteiger partial charge in [0.15, 0.2) is 0 Å². The number of benzene rings is 1. The average Bonchev–Trinajstić information content (AvgIpc) is 2.51. The van der Waals surface area contributed by atoms with Crippen molar-refractivity contribution < 1.29 is 9.84 Å². The van der Waals surface area contributed by atoms with Gasteiger partial charge >= 0.3 is 0 Å². The first-order valence-corrected chi connectivity index (χ1v) is 5.15. The summed E-state index contributed by atoms with van der Waals surface area (Å²) in [7, 11) is 0. The average molecular weight is 192 g/mol. The zero-order valence-electron chi connectivity index (χ0n) is 8.44. The molecule has 2 heteroatoms. The monoisotopic (exact) mass is 192 g/mol. The molecule has 76 valence electrons. The maximum atomic E-state index is 9.35. The molecule has 1 saturated carbocycles. The van der Waals surface area contributed by atoms with Crippen molar-refractivity contribution in [1.29, 1.82) is 0 Å². The van der Waals surface area contributed by atoms with Gasteiger partial charge in [-0.15, -0.1) is 0 Å². The lowest BCUT2D eigenvalue weighted by Gasteiger charge is -2.13. The first-order chi connectivity index (χ1) is 6.74. The van der Waals surface area contributed by atoms with E-state index in [9.17, 15) is 5.11 Å². The van der Waals surface area contributed by atoms with E-state index in [1.165, 1.54) is 5.56 Å². The molecule has 0 spiro atoms. The number of aryl methyl sites for hydroxylation is 1. The standard InChI is InChI=1S/C12H16O2/c1-9-3-2-4-11(7-9)14-12-6-5-10(13)8-12/h2-4,7,10,12-13H,5-6,8H2,1H3. The van der Waals surface area contributed by atoms with E-state index < -0.39 is 0 Å². The van der Waals surface area contributed by atoms with Crippen molar-refractivity contribution in [2.24, 2.45) is 0 Å². The summed E-state index contributed by atoms with van der Waals surface area (Å²) >= 11 is 0. The van der Waals surface area contributed by atoms with E-state index in [0.717, 1.165) is 25.0 Å². The van der Waals surface area contributed by atoms with Crippen molar-refractivity contribution in [3.05, 3.63) is 29.8 Å². The number of ether oxygens (including phenoxy) is 1. The molecule has 1 aliphatic carbocycles. The summed E-state index contributed by atoms with van der Waals surface area (Å²) in [5.41, 5.74) is 1.21. The summed E-state index contributed by atoms with van der Waals surface area (Å²) in [5.74, 6) is 0.920. The van der Waals surface area contributed by atoms with Gasteiger partial charge in [0.2, 0.25) is 0 Å². The molecule has 2 unspecified atom stereocenters. The van der Waals surface area contributed by atoms with Gasteiger partial charge in [-0.2, -0.15) is 0 Å². The second kappa shape index (κ2) is 4.01. The van der Waals surface area contributed by atoms with E-state index in [2.05, 4.69) is 13.0 Å². The quantitative estimate of drug-likeness (QED) is 0.779. The highest BCUT2D eigenvalue weighted by Gasteiger charge is 2.24. The molecule has 0 heterocycles. The molecule has 1 fully saturated rings. The van der Waals surface area contributed by atoms with Crippen LogP contribution in [0.3, 0.4) is 0 Å². The molecular weight excluding hydrogens is 176 g/mol. The van der Waals surface area contributed by atoms with Crippen molar-refractivity contribution in [2.45, 2.75) is 38.4 Å². The van der Waals surface area contributed by atoms with Crippen LogP contribution < -0.4 is 4.74 Å². The maximum absolute atomic E-state index is 9.35. The maximum Gasteiger partial charge on any atom is 0.119 e. The smallest absolute Gasteiger partial charge is 0.119 e. The fourth-order valence-corrected chi connectivity index (χ4v) is 1.91. The number of hydrogen-bond donors (Lipinski definition) is 1.